The molecule has 0 radical (unpaired) electrons. The normalized spacial score (nSPS) is 30.3. The summed E-state index contributed by atoms with van der Waals surface area (Å²) in [4.78, 5) is 0. The van der Waals surface area contributed by atoms with Gasteiger partial charge in [0, 0.05) is 6.54 Å². The first-order chi connectivity index (χ1) is 9.78. The van der Waals surface area contributed by atoms with Gasteiger partial charge in [-0.3, -0.25) is 0 Å². The van der Waals surface area contributed by atoms with Gasteiger partial charge in [0.15, 0.2) is 0 Å². The van der Waals surface area contributed by atoms with Crippen molar-refractivity contribution in [3.63, 3.8) is 0 Å². The van der Waals surface area contributed by atoms with Crippen LogP contribution in [-0.2, 0) is 4.74 Å². The molecule has 118 valence electrons. The first-order valence-electron chi connectivity index (χ1n) is 9.16. The molecule has 0 heterocycles. The van der Waals surface area contributed by atoms with Gasteiger partial charge in [0.2, 0.25) is 0 Å². The van der Waals surface area contributed by atoms with E-state index in [2.05, 4.69) is 19.2 Å². The highest BCUT2D eigenvalue weighted by molar-refractivity contribution is 4.89. The molecule has 0 aromatic carbocycles. The summed E-state index contributed by atoms with van der Waals surface area (Å²) in [6.07, 6.45) is 15.2. The summed E-state index contributed by atoms with van der Waals surface area (Å²) in [6, 6.07) is 0. The van der Waals surface area contributed by atoms with Crippen LogP contribution >= 0.6 is 0 Å². The first-order valence-corrected chi connectivity index (χ1v) is 9.16. The minimum absolute atomic E-state index is 0.160. The lowest BCUT2D eigenvalue weighted by molar-refractivity contribution is -0.127. The van der Waals surface area contributed by atoms with Crippen molar-refractivity contribution in [1.29, 1.82) is 0 Å². The minimum atomic E-state index is 0.160. The molecule has 2 aliphatic rings. The molecule has 2 unspecified atom stereocenters. The predicted octanol–water partition coefficient (Wildman–Crippen LogP) is 4.67. The molecule has 0 spiro atoms. The van der Waals surface area contributed by atoms with Gasteiger partial charge in [-0.1, -0.05) is 52.4 Å². The minimum Gasteiger partial charge on any atom is -0.370 e. The highest BCUT2D eigenvalue weighted by Crippen LogP contribution is 2.37. The molecule has 0 saturated heterocycles. The van der Waals surface area contributed by atoms with E-state index in [9.17, 15) is 0 Å². The van der Waals surface area contributed by atoms with E-state index in [-0.39, 0.29) is 5.60 Å². The number of nitrogens with one attached hydrogen (secondary N) is 1. The van der Waals surface area contributed by atoms with Crippen LogP contribution in [0.2, 0.25) is 0 Å². The van der Waals surface area contributed by atoms with Gasteiger partial charge >= 0.3 is 0 Å². The van der Waals surface area contributed by atoms with Crippen molar-refractivity contribution in [2.45, 2.75) is 96.2 Å². The average Bonchev–Trinajstić information content (AvgIpc) is 2.48. The molecule has 0 aromatic heterocycles. The van der Waals surface area contributed by atoms with Crippen LogP contribution in [0.5, 0.6) is 0 Å². The van der Waals surface area contributed by atoms with Crippen LogP contribution in [0.1, 0.15) is 84.5 Å². The summed E-state index contributed by atoms with van der Waals surface area (Å²) < 4.78 is 6.74. The van der Waals surface area contributed by atoms with E-state index in [4.69, 9.17) is 4.74 Å². The quantitative estimate of drug-likeness (QED) is 0.684. The van der Waals surface area contributed by atoms with Crippen LogP contribution in [0.3, 0.4) is 0 Å². The number of hydrogen-bond donors (Lipinski definition) is 1. The molecule has 2 aliphatic carbocycles. The van der Waals surface area contributed by atoms with Gasteiger partial charge < -0.3 is 10.1 Å². The molecule has 0 bridgehead atoms. The predicted molar refractivity (Wildman–Crippen MR) is 86.1 cm³/mol. The molecule has 2 saturated carbocycles. The van der Waals surface area contributed by atoms with Crippen molar-refractivity contribution >= 4 is 0 Å². The molecule has 1 N–H and O–H groups in total. The van der Waals surface area contributed by atoms with Crippen LogP contribution in [0.15, 0.2) is 0 Å². The fraction of sp³-hybridized carbons (Fsp3) is 1.00. The van der Waals surface area contributed by atoms with Crippen LogP contribution in [0.4, 0.5) is 0 Å². The van der Waals surface area contributed by atoms with Gasteiger partial charge in [-0.25, -0.2) is 0 Å². The lowest BCUT2D eigenvalue weighted by Gasteiger charge is -2.42. The van der Waals surface area contributed by atoms with Crippen LogP contribution < -0.4 is 5.32 Å². The third kappa shape index (κ3) is 4.73. The molecule has 0 amide bonds. The molecule has 0 aliphatic heterocycles. The Morgan fingerprint density at radius 3 is 2.55 bits per heavy atom. The van der Waals surface area contributed by atoms with E-state index in [1.807, 2.05) is 0 Å². The summed E-state index contributed by atoms with van der Waals surface area (Å²) >= 11 is 0. The maximum absolute atomic E-state index is 6.74. The zero-order valence-corrected chi connectivity index (χ0v) is 13.8. The van der Waals surface area contributed by atoms with E-state index in [1.165, 1.54) is 70.6 Å². The Morgan fingerprint density at radius 2 is 1.85 bits per heavy atom. The van der Waals surface area contributed by atoms with Gasteiger partial charge in [-0.2, -0.15) is 0 Å². The van der Waals surface area contributed by atoms with Gasteiger partial charge in [0.25, 0.3) is 0 Å². The summed E-state index contributed by atoms with van der Waals surface area (Å²) in [5, 5.41) is 3.64. The van der Waals surface area contributed by atoms with Gasteiger partial charge in [0.1, 0.15) is 0 Å². The Labute approximate surface area is 126 Å². The second-order valence-corrected chi connectivity index (χ2v) is 7.10. The van der Waals surface area contributed by atoms with Crippen molar-refractivity contribution < 1.29 is 4.74 Å². The van der Waals surface area contributed by atoms with Crippen molar-refractivity contribution in [2.24, 2.45) is 5.92 Å². The number of hydrogen-bond acceptors (Lipinski definition) is 2. The van der Waals surface area contributed by atoms with E-state index in [0.29, 0.717) is 6.10 Å². The van der Waals surface area contributed by atoms with E-state index >= 15 is 0 Å². The first kappa shape index (κ1) is 16.3. The van der Waals surface area contributed by atoms with E-state index < -0.39 is 0 Å². The Hall–Kier alpha value is -0.0800. The average molecular weight is 281 g/mol. The maximum atomic E-state index is 6.74. The van der Waals surface area contributed by atoms with E-state index in [1.54, 1.807) is 0 Å². The number of ether oxygens (including phenoxy) is 1. The largest absolute Gasteiger partial charge is 0.370 e. The summed E-state index contributed by atoms with van der Waals surface area (Å²) in [5.41, 5.74) is 0.160. The summed E-state index contributed by atoms with van der Waals surface area (Å²) in [6.45, 7) is 6.79. The second-order valence-electron chi connectivity index (χ2n) is 7.10. The SMILES string of the molecule is CCCNCC1(OC2CCCC(CC)C2)CCCCC1. The third-order valence-corrected chi connectivity index (χ3v) is 5.37. The lowest BCUT2D eigenvalue weighted by atomic mass is 9.82. The Bertz CT molecular complexity index is 260. The molecule has 20 heavy (non-hydrogen) atoms. The van der Waals surface area contributed by atoms with Crippen molar-refractivity contribution in [1.82, 2.24) is 5.32 Å². The van der Waals surface area contributed by atoms with Gasteiger partial charge in [0.05, 0.1) is 11.7 Å². The Kier molecular flexibility index (Phi) is 6.83. The second kappa shape index (κ2) is 8.38. The standard InChI is InChI=1S/C18H35NO/c1-3-13-19-15-18(11-6-5-7-12-18)20-17-10-8-9-16(4-2)14-17/h16-17,19H,3-15H2,1-2H3. The van der Waals surface area contributed by atoms with Crippen LogP contribution in [0.25, 0.3) is 0 Å². The third-order valence-electron chi connectivity index (χ3n) is 5.37. The summed E-state index contributed by atoms with van der Waals surface area (Å²) in [5.74, 6) is 0.915. The smallest absolute Gasteiger partial charge is 0.0810 e. The van der Waals surface area contributed by atoms with Crippen molar-refractivity contribution in [3.8, 4) is 0 Å². The molecular formula is C18H35NO. The highest BCUT2D eigenvalue weighted by Gasteiger charge is 2.36. The molecular weight excluding hydrogens is 246 g/mol. The Balaban J connectivity index is 1.88. The number of rotatable bonds is 7. The zero-order chi connectivity index (χ0) is 14.3. The lowest BCUT2D eigenvalue weighted by Crippen LogP contribution is -2.47. The molecule has 0 aromatic rings. The Morgan fingerprint density at radius 1 is 1.05 bits per heavy atom. The zero-order valence-electron chi connectivity index (χ0n) is 13.8. The van der Waals surface area contributed by atoms with Gasteiger partial charge in [-0.15, -0.1) is 0 Å². The molecule has 2 nitrogen and oxygen atoms in total. The molecule has 2 atom stereocenters. The van der Waals surface area contributed by atoms with Crippen LogP contribution in [0, 0.1) is 5.92 Å². The maximum Gasteiger partial charge on any atom is 0.0810 e. The van der Waals surface area contributed by atoms with Crippen molar-refractivity contribution in [3.05, 3.63) is 0 Å². The summed E-state index contributed by atoms with van der Waals surface area (Å²) in [7, 11) is 0. The molecule has 2 rings (SSSR count). The monoisotopic (exact) mass is 281 g/mol. The topological polar surface area (TPSA) is 21.3 Å². The molecule has 2 fully saturated rings. The molecule has 2 heteroatoms. The van der Waals surface area contributed by atoms with Crippen molar-refractivity contribution in [2.75, 3.05) is 13.1 Å². The van der Waals surface area contributed by atoms with Crippen LogP contribution in [-0.4, -0.2) is 24.8 Å². The van der Waals surface area contributed by atoms with Gasteiger partial charge in [-0.05, 0) is 44.6 Å². The fourth-order valence-corrected chi connectivity index (χ4v) is 4.10. The van der Waals surface area contributed by atoms with E-state index in [0.717, 1.165) is 19.0 Å². The fourth-order valence-electron chi connectivity index (χ4n) is 4.10. The highest BCUT2D eigenvalue weighted by atomic mass is 16.5.